The SMILES string of the molecule is Cc1c(C(=O)NCCCN2CCCCC2)sc2ncnc(N3CCN(C)CC3)c12. The van der Waals surface area contributed by atoms with Crippen LogP contribution in [0.1, 0.15) is 40.9 Å². The third kappa shape index (κ3) is 4.70. The number of piperazine rings is 1. The normalized spacial score (nSPS) is 19.0. The molecule has 0 atom stereocenters. The van der Waals surface area contributed by atoms with Gasteiger partial charge in [-0.2, -0.15) is 0 Å². The van der Waals surface area contributed by atoms with Gasteiger partial charge in [-0.1, -0.05) is 6.42 Å². The highest BCUT2D eigenvalue weighted by Crippen LogP contribution is 2.35. The maximum absolute atomic E-state index is 12.8. The lowest BCUT2D eigenvalue weighted by molar-refractivity contribution is 0.0954. The van der Waals surface area contributed by atoms with Crippen LogP contribution in [0.25, 0.3) is 10.2 Å². The van der Waals surface area contributed by atoms with E-state index in [0.717, 1.165) is 72.2 Å². The van der Waals surface area contributed by atoms with Crippen LogP contribution in [0.3, 0.4) is 0 Å². The summed E-state index contributed by atoms with van der Waals surface area (Å²) >= 11 is 1.49. The first-order valence-corrected chi connectivity index (χ1v) is 11.6. The summed E-state index contributed by atoms with van der Waals surface area (Å²) in [7, 11) is 2.15. The Bertz CT molecular complexity index is 839. The minimum atomic E-state index is 0.0217. The molecule has 0 saturated carbocycles. The Kier molecular flexibility index (Phi) is 6.62. The van der Waals surface area contributed by atoms with Crippen molar-refractivity contribution in [3.05, 3.63) is 16.8 Å². The maximum Gasteiger partial charge on any atom is 0.261 e. The number of piperidine rings is 1. The summed E-state index contributed by atoms with van der Waals surface area (Å²) < 4.78 is 0. The number of fused-ring (bicyclic) bond motifs is 1. The van der Waals surface area contributed by atoms with Crippen LogP contribution in [-0.2, 0) is 0 Å². The molecule has 0 aliphatic carbocycles. The highest BCUT2D eigenvalue weighted by molar-refractivity contribution is 7.20. The molecule has 1 N–H and O–H groups in total. The summed E-state index contributed by atoms with van der Waals surface area (Å²) in [4.78, 5) is 30.7. The molecule has 0 radical (unpaired) electrons. The van der Waals surface area contributed by atoms with Crippen molar-refractivity contribution in [2.75, 3.05) is 64.3 Å². The van der Waals surface area contributed by atoms with E-state index < -0.39 is 0 Å². The van der Waals surface area contributed by atoms with Crippen LogP contribution in [-0.4, -0.2) is 85.1 Å². The highest BCUT2D eigenvalue weighted by Gasteiger charge is 2.23. The van der Waals surface area contributed by atoms with Gasteiger partial charge in [-0.25, -0.2) is 9.97 Å². The number of nitrogens with one attached hydrogen (secondary N) is 1. The Labute approximate surface area is 177 Å². The smallest absolute Gasteiger partial charge is 0.261 e. The molecule has 0 unspecified atom stereocenters. The van der Waals surface area contributed by atoms with Crippen molar-refractivity contribution in [2.45, 2.75) is 32.6 Å². The number of carbonyl (C=O) groups is 1. The largest absolute Gasteiger partial charge is 0.353 e. The van der Waals surface area contributed by atoms with Crippen LogP contribution in [0.2, 0.25) is 0 Å². The van der Waals surface area contributed by atoms with Crippen molar-refractivity contribution >= 4 is 33.3 Å². The molecule has 2 aromatic rings. The predicted octanol–water partition coefficient (Wildman–Crippen LogP) is 2.36. The topological polar surface area (TPSA) is 64.6 Å². The van der Waals surface area contributed by atoms with Crippen molar-refractivity contribution in [3.63, 3.8) is 0 Å². The molecule has 4 heterocycles. The molecule has 2 fully saturated rings. The van der Waals surface area contributed by atoms with E-state index in [1.54, 1.807) is 6.33 Å². The fourth-order valence-electron chi connectivity index (χ4n) is 4.30. The monoisotopic (exact) mass is 416 g/mol. The van der Waals surface area contributed by atoms with Crippen LogP contribution in [0, 0.1) is 6.92 Å². The number of likely N-dealkylation sites (tertiary alicyclic amines) is 1. The van der Waals surface area contributed by atoms with E-state index >= 15 is 0 Å². The predicted molar refractivity (Wildman–Crippen MR) is 119 cm³/mol. The summed E-state index contributed by atoms with van der Waals surface area (Å²) in [6, 6.07) is 0. The van der Waals surface area contributed by atoms with Crippen LogP contribution in [0.4, 0.5) is 5.82 Å². The molecule has 8 heteroatoms. The average Bonchev–Trinajstić information content (AvgIpc) is 3.09. The zero-order chi connectivity index (χ0) is 20.2. The molecular formula is C21H32N6OS. The quantitative estimate of drug-likeness (QED) is 0.730. The summed E-state index contributed by atoms with van der Waals surface area (Å²) in [6.45, 7) is 10.2. The maximum atomic E-state index is 12.8. The number of amides is 1. The van der Waals surface area contributed by atoms with Crippen molar-refractivity contribution in [1.29, 1.82) is 0 Å². The number of aryl methyl sites for hydroxylation is 1. The second-order valence-electron chi connectivity index (χ2n) is 8.24. The van der Waals surface area contributed by atoms with E-state index in [4.69, 9.17) is 0 Å². The van der Waals surface area contributed by atoms with Gasteiger partial charge in [0, 0.05) is 32.7 Å². The fourth-order valence-corrected chi connectivity index (χ4v) is 5.36. The summed E-state index contributed by atoms with van der Waals surface area (Å²) in [5, 5.41) is 4.16. The first kappa shape index (κ1) is 20.5. The summed E-state index contributed by atoms with van der Waals surface area (Å²) in [6.07, 6.45) is 6.61. The zero-order valence-electron chi connectivity index (χ0n) is 17.6. The third-order valence-electron chi connectivity index (χ3n) is 6.10. The van der Waals surface area contributed by atoms with Crippen LogP contribution in [0.15, 0.2) is 6.33 Å². The van der Waals surface area contributed by atoms with Crippen molar-refractivity contribution < 1.29 is 4.79 Å². The van der Waals surface area contributed by atoms with Gasteiger partial charge in [0.2, 0.25) is 0 Å². The molecule has 158 valence electrons. The Morgan fingerprint density at radius 1 is 1.10 bits per heavy atom. The molecule has 0 bridgehead atoms. The van der Waals surface area contributed by atoms with E-state index in [2.05, 4.69) is 37.0 Å². The molecule has 4 rings (SSSR count). The molecule has 2 aliphatic rings. The molecule has 2 aromatic heterocycles. The standard InChI is InChI=1S/C21H32N6OS/c1-16-17-19(27-13-11-25(2)12-14-27)23-15-24-21(17)29-18(16)20(28)22-7-6-10-26-8-4-3-5-9-26/h15H,3-14H2,1-2H3,(H,22,28). The first-order chi connectivity index (χ1) is 14.1. The average molecular weight is 417 g/mol. The van der Waals surface area contributed by atoms with Gasteiger partial charge in [0.25, 0.3) is 5.91 Å². The second-order valence-corrected chi connectivity index (χ2v) is 9.23. The van der Waals surface area contributed by atoms with Crippen LogP contribution in [0.5, 0.6) is 0 Å². The lowest BCUT2D eigenvalue weighted by Gasteiger charge is -2.33. The number of hydrogen-bond acceptors (Lipinski definition) is 7. The Balaban J connectivity index is 1.41. The molecule has 2 aliphatic heterocycles. The fraction of sp³-hybridized carbons (Fsp3) is 0.667. The second kappa shape index (κ2) is 9.36. The Hall–Kier alpha value is -1.77. The van der Waals surface area contributed by atoms with Crippen LogP contribution >= 0.6 is 11.3 Å². The van der Waals surface area contributed by atoms with Gasteiger partial charge in [0.15, 0.2) is 0 Å². The van der Waals surface area contributed by atoms with E-state index in [1.165, 1.54) is 43.7 Å². The molecule has 29 heavy (non-hydrogen) atoms. The summed E-state index contributed by atoms with van der Waals surface area (Å²) in [5.74, 6) is 0.995. The number of carbonyl (C=O) groups excluding carboxylic acids is 1. The van der Waals surface area contributed by atoms with E-state index in [9.17, 15) is 4.79 Å². The lowest BCUT2D eigenvalue weighted by atomic mass is 10.1. The zero-order valence-corrected chi connectivity index (χ0v) is 18.4. The third-order valence-corrected chi connectivity index (χ3v) is 7.30. The Morgan fingerprint density at radius 2 is 1.86 bits per heavy atom. The molecule has 1 amide bonds. The molecule has 0 spiro atoms. The number of hydrogen-bond donors (Lipinski definition) is 1. The van der Waals surface area contributed by atoms with Gasteiger partial charge in [-0.05, 0) is 58.4 Å². The number of anilines is 1. The van der Waals surface area contributed by atoms with Crippen LogP contribution < -0.4 is 10.2 Å². The summed E-state index contributed by atoms with van der Waals surface area (Å²) in [5.41, 5.74) is 1.01. The van der Waals surface area contributed by atoms with Gasteiger partial charge in [-0.15, -0.1) is 11.3 Å². The van der Waals surface area contributed by atoms with Gasteiger partial charge in [-0.3, -0.25) is 4.79 Å². The van der Waals surface area contributed by atoms with Gasteiger partial charge in [0.1, 0.15) is 17.0 Å². The number of likely N-dealkylation sites (N-methyl/N-ethyl adjacent to an activating group) is 1. The van der Waals surface area contributed by atoms with E-state index in [1.807, 2.05) is 6.92 Å². The number of thiophene rings is 1. The molecular weight excluding hydrogens is 384 g/mol. The number of rotatable bonds is 6. The molecule has 2 saturated heterocycles. The van der Waals surface area contributed by atoms with Gasteiger partial charge >= 0.3 is 0 Å². The molecule has 7 nitrogen and oxygen atoms in total. The van der Waals surface area contributed by atoms with E-state index in [0.29, 0.717) is 0 Å². The minimum absolute atomic E-state index is 0.0217. The molecule has 0 aromatic carbocycles. The Morgan fingerprint density at radius 3 is 2.62 bits per heavy atom. The van der Waals surface area contributed by atoms with Gasteiger partial charge < -0.3 is 20.0 Å². The first-order valence-electron chi connectivity index (χ1n) is 10.8. The van der Waals surface area contributed by atoms with Crippen molar-refractivity contribution in [3.8, 4) is 0 Å². The number of nitrogens with zero attached hydrogens (tertiary/aromatic N) is 5. The van der Waals surface area contributed by atoms with Crippen molar-refractivity contribution in [1.82, 2.24) is 25.1 Å². The lowest BCUT2D eigenvalue weighted by Crippen LogP contribution is -2.44. The number of aromatic nitrogens is 2. The van der Waals surface area contributed by atoms with Crippen molar-refractivity contribution in [2.24, 2.45) is 0 Å². The van der Waals surface area contributed by atoms with Gasteiger partial charge in [0.05, 0.1) is 10.3 Å². The minimum Gasteiger partial charge on any atom is -0.353 e. The highest BCUT2D eigenvalue weighted by atomic mass is 32.1. The van der Waals surface area contributed by atoms with E-state index in [-0.39, 0.29) is 5.91 Å².